The van der Waals surface area contributed by atoms with Gasteiger partial charge in [0.1, 0.15) is 16.6 Å². The van der Waals surface area contributed by atoms with Gasteiger partial charge in [0, 0.05) is 0 Å². The van der Waals surface area contributed by atoms with Crippen LogP contribution in [0.3, 0.4) is 0 Å². The largest absolute Gasteiger partial charge is 0.506 e. The van der Waals surface area contributed by atoms with Gasteiger partial charge in [-0.2, -0.15) is 0 Å². The Morgan fingerprint density at radius 1 is 1.26 bits per heavy atom. The van der Waals surface area contributed by atoms with Crippen LogP contribution in [-0.2, 0) is 0 Å². The van der Waals surface area contributed by atoms with Gasteiger partial charge in [-0.25, -0.2) is 4.98 Å². The molecule has 0 saturated heterocycles. The number of carbonyl (C=O) groups is 1. The summed E-state index contributed by atoms with van der Waals surface area (Å²) in [6.07, 6.45) is 0. The summed E-state index contributed by atoms with van der Waals surface area (Å²) in [7, 11) is 0. The molecule has 1 aromatic heterocycles. The number of rotatable bonds is 2. The van der Waals surface area contributed by atoms with Crippen molar-refractivity contribution in [2.45, 2.75) is 6.92 Å². The highest BCUT2D eigenvalue weighted by Gasteiger charge is 2.14. The van der Waals surface area contributed by atoms with Crippen molar-refractivity contribution in [3.05, 3.63) is 51.8 Å². The summed E-state index contributed by atoms with van der Waals surface area (Å²) >= 11 is 11.6. The Kier molecular flexibility index (Phi) is 3.93. The number of benzene rings is 1. The van der Waals surface area contributed by atoms with Crippen LogP contribution in [0.5, 0.6) is 5.75 Å². The number of anilines is 1. The number of nitrogens with one attached hydrogen (secondary N) is 1. The normalized spacial score (nSPS) is 10.3. The maximum atomic E-state index is 12.0. The zero-order valence-electron chi connectivity index (χ0n) is 9.95. The lowest BCUT2D eigenvalue weighted by Crippen LogP contribution is -2.14. The van der Waals surface area contributed by atoms with Crippen LogP contribution in [0.1, 0.15) is 16.1 Å². The number of hydrogen-bond acceptors (Lipinski definition) is 3. The SMILES string of the molecule is Cc1ccc(NC(=O)c2nc(Cl)ccc2Cl)c(O)c1. The van der Waals surface area contributed by atoms with Crippen molar-refractivity contribution < 1.29 is 9.90 Å². The van der Waals surface area contributed by atoms with Crippen molar-refractivity contribution in [2.75, 3.05) is 5.32 Å². The van der Waals surface area contributed by atoms with Crippen molar-refractivity contribution in [3.63, 3.8) is 0 Å². The third-order valence-electron chi connectivity index (χ3n) is 2.43. The predicted molar refractivity (Wildman–Crippen MR) is 75.1 cm³/mol. The molecule has 19 heavy (non-hydrogen) atoms. The summed E-state index contributed by atoms with van der Waals surface area (Å²) in [5, 5.41) is 12.6. The molecule has 0 aliphatic heterocycles. The van der Waals surface area contributed by atoms with Crippen LogP contribution in [0.2, 0.25) is 10.2 Å². The zero-order chi connectivity index (χ0) is 14.0. The lowest BCUT2D eigenvalue weighted by Gasteiger charge is -2.08. The molecule has 0 aliphatic rings. The maximum Gasteiger partial charge on any atom is 0.275 e. The molecule has 0 fully saturated rings. The highest BCUT2D eigenvalue weighted by molar-refractivity contribution is 6.35. The fourth-order valence-electron chi connectivity index (χ4n) is 1.51. The number of aromatic hydroxyl groups is 1. The molecular weight excluding hydrogens is 287 g/mol. The van der Waals surface area contributed by atoms with Crippen molar-refractivity contribution in [2.24, 2.45) is 0 Å². The van der Waals surface area contributed by atoms with Crippen LogP contribution >= 0.6 is 23.2 Å². The van der Waals surface area contributed by atoms with Gasteiger partial charge in [-0.1, -0.05) is 29.3 Å². The lowest BCUT2D eigenvalue weighted by molar-refractivity contribution is 0.102. The van der Waals surface area contributed by atoms with Gasteiger partial charge < -0.3 is 10.4 Å². The van der Waals surface area contributed by atoms with E-state index in [4.69, 9.17) is 23.2 Å². The van der Waals surface area contributed by atoms with Crippen LogP contribution in [0.15, 0.2) is 30.3 Å². The van der Waals surface area contributed by atoms with E-state index in [2.05, 4.69) is 10.3 Å². The molecule has 0 aliphatic carbocycles. The van der Waals surface area contributed by atoms with E-state index in [-0.39, 0.29) is 27.3 Å². The van der Waals surface area contributed by atoms with E-state index >= 15 is 0 Å². The minimum Gasteiger partial charge on any atom is -0.506 e. The van der Waals surface area contributed by atoms with Crippen molar-refractivity contribution >= 4 is 34.8 Å². The number of halogens is 2. The molecule has 0 bridgehead atoms. The number of phenolic OH excluding ortho intramolecular Hbond substituents is 1. The van der Waals surface area contributed by atoms with Gasteiger partial charge in [0.25, 0.3) is 5.91 Å². The number of pyridine rings is 1. The quantitative estimate of drug-likeness (QED) is 0.657. The predicted octanol–water partition coefficient (Wildman–Crippen LogP) is 3.65. The van der Waals surface area contributed by atoms with Crippen LogP contribution in [-0.4, -0.2) is 16.0 Å². The Bertz CT molecular complexity index is 645. The zero-order valence-corrected chi connectivity index (χ0v) is 11.5. The van der Waals surface area contributed by atoms with E-state index in [1.807, 2.05) is 6.92 Å². The molecule has 1 heterocycles. The fraction of sp³-hybridized carbons (Fsp3) is 0.0769. The highest BCUT2D eigenvalue weighted by Crippen LogP contribution is 2.25. The molecule has 0 atom stereocenters. The molecule has 1 amide bonds. The van der Waals surface area contributed by atoms with Crippen LogP contribution in [0.25, 0.3) is 0 Å². The standard InChI is InChI=1S/C13H10Cl2N2O2/c1-7-2-4-9(10(18)6-7)16-13(19)12-8(14)3-5-11(15)17-12/h2-6,18H,1H3,(H,16,19). The first kappa shape index (κ1) is 13.6. The van der Waals surface area contributed by atoms with Gasteiger partial charge in [-0.05, 0) is 36.8 Å². The molecule has 0 unspecified atom stereocenters. The second kappa shape index (κ2) is 5.47. The second-order valence-corrected chi connectivity index (χ2v) is 4.73. The third-order valence-corrected chi connectivity index (χ3v) is 2.94. The van der Waals surface area contributed by atoms with Gasteiger partial charge in [0.2, 0.25) is 0 Å². The Morgan fingerprint density at radius 3 is 2.68 bits per heavy atom. The number of aromatic nitrogens is 1. The Labute approximate surface area is 120 Å². The summed E-state index contributed by atoms with van der Waals surface area (Å²) in [5.74, 6) is -0.557. The Morgan fingerprint density at radius 2 is 2.00 bits per heavy atom. The van der Waals surface area contributed by atoms with Gasteiger partial charge >= 0.3 is 0 Å². The molecule has 0 radical (unpaired) electrons. The number of amides is 1. The van der Waals surface area contributed by atoms with Crippen LogP contribution < -0.4 is 5.32 Å². The van der Waals surface area contributed by atoms with Gasteiger partial charge in [0.15, 0.2) is 0 Å². The van der Waals surface area contributed by atoms with Crippen molar-refractivity contribution in [1.82, 2.24) is 4.98 Å². The average molecular weight is 297 g/mol. The minimum absolute atomic E-state index is 0.00846. The van der Waals surface area contributed by atoms with Crippen molar-refractivity contribution in [1.29, 1.82) is 0 Å². The topological polar surface area (TPSA) is 62.2 Å². The van der Waals surface area contributed by atoms with Crippen molar-refractivity contribution in [3.8, 4) is 5.75 Å². The number of hydrogen-bond donors (Lipinski definition) is 2. The molecular formula is C13H10Cl2N2O2. The first-order valence-corrected chi connectivity index (χ1v) is 6.16. The fourth-order valence-corrected chi connectivity index (χ4v) is 1.85. The lowest BCUT2D eigenvalue weighted by atomic mass is 10.2. The van der Waals surface area contributed by atoms with E-state index in [1.54, 1.807) is 18.2 Å². The van der Waals surface area contributed by atoms with E-state index in [0.29, 0.717) is 0 Å². The number of phenols is 1. The first-order valence-electron chi connectivity index (χ1n) is 5.40. The summed E-state index contributed by atoms with van der Waals surface area (Å²) in [4.78, 5) is 15.9. The van der Waals surface area contributed by atoms with Crippen LogP contribution in [0, 0.1) is 6.92 Å². The molecule has 2 aromatic rings. The Balaban J connectivity index is 2.28. The average Bonchev–Trinajstić information content (AvgIpc) is 2.35. The monoisotopic (exact) mass is 296 g/mol. The first-order chi connectivity index (χ1) is 8.97. The maximum absolute atomic E-state index is 12.0. The van der Waals surface area contributed by atoms with E-state index in [0.717, 1.165) is 5.56 Å². The minimum atomic E-state index is -0.536. The second-order valence-electron chi connectivity index (χ2n) is 3.94. The smallest absolute Gasteiger partial charge is 0.275 e. The number of carbonyl (C=O) groups excluding carboxylic acids is 1. The Hall–Kier alpha value is -1.78. The van der Waals surface area contributed by atoms with E-state index in [9.17, 15) is 9.90 Å². The number of nitrogens with zero attached hydrogens (tertiary/aromatic N) is 1. The molecule has 1 aromatic carbocycles. The molecule has 2 rings (SSSR count). The van der Waals surface area contributed by atoms with Gasteiger partial charge in [0.05, 0.1) is 10.7 Å². The van der Waals surface area contributed by atoms with Gasteiger partial charge in [-0.3, -0.25) is 4.79 Å². The third kappa shape index (κ3) is 3.16. The summed E-state index contributed by atoms with van der Waals surface area (Å²) in [5.41, 5.74) is 1.18. The highest BCUT2D eigenvalue weighted by atomic mass is 35.5. The molecule has 98 valence electrons. The summed E-state index contributed by atoms with van der Waals surface area (Å²) in [6, 6.07) is 7.89. The number of aryl methyl sites for hydroxylation is 1. The molecule has 0 saturated carbocycles. The van der Waals surface area contributed by atoms with E-state index < -0.39 is 5.91 Å². The summed E-state index contributed by atoms with van der Waals surface area (Å²) in [6.45, 7) is 1.83. The molecule has 6 heteroatoms. The van der Waals surface area contributed by atoms with E-state index in [1.165, 1.54) is 12.1 Å². The molecule has 2 N–H and O–H groups in total. The van der Waals surface area contributed by atoms with Crippen LogP contribution in [0.4, 0.5) is 5.69 Å². The molecule has 0 spiro atoms. The molecule has 4 nitrogen and oxygen atoms in total. The summed E-state index contributed by atoms with van der Waals surface area (Å²) < 4.78 is 0. The van der Waals surface area contributed by atoms with Gasteiger partial charge in [-0.15, -0.1) is 0 Å².